The Morgan fingerprint density at radius 1 is 1.03 bits per heavy atom. The normalized spacial score (nSPS) is 12.1. The molecule has 0 radical (unpaired) electrons. The van der Waals surface area contributed by atoms with Gasteiger partial charge in [-0.15, -0.1) is 10.2 Å². The van der Waals surface area contributed by atoms with E-state index < -0.39 is 5.25 Å². The molecule has 146 valence electrons. The summed E-state index contributed by atoms with van der Waals surface area (Å²) in [5, 5.41) is 13.4. The highest BCUT2D eigenvalue weighted by Gasteiger charge is 2.21. The molecule has 4 rings (SSSR count). The van der Waals surface area contributed by atoms with Crippen molar-refractivity contribution in [1.29, 1.82) is 0 Å². The summed E-state index contributed by atoms with van der Waals surface area (Å²) < 4.78 is 15.8. The first-order chi connectivity index (χ1) is 14.0. The maximum absolute atomic E-state index is 14.1. The fraction of sp³-hybridized carbons (Fsp3) is 0.136. The number of benzene rings is 3. The van der Waals surface area contributed by atoms with Gasteiger partial charge in [-0.3, -0.25) is 4.79 Å². The molecule has 1 N–H and O–H groups in total. The summed E-state index contributed by atoms with van der Waals surface area (Å²) in [7, 11) is 1.76. The van der Waals surface area contributed by atoms with Crippen molar-refractivity contribution >= 4 is 34.1 Å². The predicted molar refractivity (Wildman–Crippen MR) is 114 cm³/mol. The van der Waals surface area contributed by atoms with Crippen LogP contribution in [-0.2, 0) is 11.8 Å². The SMILES string of the molecule is CC(Sc1nnc(-c2ccccc2F)n1C)C(=O)Nc1cccc2ccccc12. The van der Waals surface area contributed by atoms with Crippen LogP contribution in [0.2, 0.25) is 0 Å². The summed E-state index contributed by atoms with van der Waals surface area (Å²) >= 11 is 1.28. The molecule has 0 spiro atoms. The zero-order valence-corrected chi connectivity index (χ0v) is 16.8. The second kappa shape index (κ2) is 8.05. The Morgan fingerprint density at radius 3 is 2.59 bits per heavy atom. The van der Waals surface area contributed by atoms with E-state index in [4.69, 9.17) is 0 Å². The average Bonchev–Trinajstić information content (AvgIpc) is 3.08. The van der Waals surface area contributed by atoms with Gasteiger partial charge >= 0.3 is 0 Å². The number of anilines is 1. The maximum atomic E-state index is 14.1. The maximum Gasteiger partial charge on any atom is 0.237 e. The van der Waals surface area contributed by atoms with E-state index in [9.17, 15) is 9.18 Å². The smallest absolute Gasteiger partial charge is 0.237 e. The molecule has 0 bridgehead atoms. The van der Waals surface area contributed by atoms with E-state index in [-0.39, 0.29) is 11.7 Å². The van der Waals surface area contributed by atoms with E-state index in [1.807, 2.05) is 49.4 Å². The van der Waals surface area contributed by atoms with Gasteiger partial charge in [0.2, 0.25) is 5.91 Å². The third kappa shape index (κ3) is 3.86. The lowest BCUT2D eigenvalue weighted by molar-refractivity contribution is -0.115. The minimum atomic E-state index is -0.412. The van der Waals surface area contributed by atoms with Crippen molar-refractivity contribution in [2.24, 2.45) is 7.05 Å². The number of fused-ring (bicyclic) bond motifs is 1. The number of nitrogens with zero attached hydrogens (tertiary/aromatic N) is 3. The monoisotopic (exact) mass is 406 g/mol. The van der Waals surface area contributed by atoms with E-state index in [1.54, 1.807) is 29.8 Å². The molecule has 3 aromatic carbocycles. The van der Waals surface area contributed by atoms with Crippen molar-refractivity contribution < 1.29 is 9.18 Å². The molecule has 5 nitrogen and oxygen atoms in total. The molecule has 1 amide bonds. The van der Waals surface area contributed by atoms with Crippen LogP contribution in [-0.4, -0.2) is 25.9 Å². The number of aromatic nitrogens is 3. The lowest BCUT2D eigenvalue weighted by Gasteiger charge is -2.13. The largest absolute Gasteiger partial charge is 0.325 e. The Balaban J connectivity index is 1.52. The highest BCUT2D eigenvalue weighted by molar-refractivity contribution is 8.00. The van der Waals surface area contributed by atoms with Crippen LogP contribution in [0.4, 0.5) is 10.1 Å². The van der Waals surface area contributed by atoms with E-state index in [2.05, 4.69) is 15.5 Å². The number of hydrogen-bond acceptors (Lipinski definition) is 4. The topological polar surface area (TPSA) is 59.8 Å². The number of carbonyl (C=O) groups excluding carboxylic acids is 1. The van der Waals surface area contributed by atoms with Crippen molar-refractivity contribution in [3.8, 4) is 11.4 Å². The number of nitrogens with one attached hydrogen (secondary N) is 1. The average molecular weight is 406 g/mol. The van der Waals surface area contributed by atoms with Crippen molar-refractivity contribution in [1.82, 2.24) is 14.8 Å². The quantitative estimate of drug-likeness (QED) is 0.479. The standard InChI is InChI=1S/C22H19FN4OS/c1-14(21(28)24-19-13-7-9-15-8-3-4-10-16(15)19)29-22-26-25-20(27(22)2)17-11-5-6-12-18(17)23/h3-14H,1-2H3,(H,24,28). The van der Waals surface area contributed by atoms with Gasteiger partial charge < -0.3 is 9.88 Å². The van der Waals surface area contributed by atoms with E-state index >= 15 is 0 Å². The van der Waals surface area contributed by atoms with E-state index in [0.29, 0.717) is 16.5 Å². The van der Waals surface area contributed by atoms with Crippen LogP contribution in [0.3, 0.4) is 0 Å². The first-order valence-electron chi connectivity index (χ1n) is 9.14. The number of hydrogen-bond donors (Lipinski definition) is 1. The van der Waals surface area contributed by atoms with Gasteiger partial charge in [0.05, 0.1) is 10.8 Å². The van der Waals surface area contributed by atoms with Gasteiger partial charge in [0.1, 0.15) is 5.82 Å². The zero-order valence-electron chi connectivity index (χ0n) is 16.0. The van der Waals surface area contributed by atoms with Crippen molar-refractivity contribution in [3.05, 3.63) is 72.5 Å². The number of halogens is 1. The van der Waals surface area contributed by atoms with Gasteiger partial charge in [-0.05, 0) is 30.5 Å². The minimum absolute atomic E-state index is 0.137. The van der Waals surface area contributed by atoms with Crippen LogP contribution in [0, 0.1) is 5.82 Å². The van der Waals surface area contributed by atoms with Crippen LogP contribution in [0.15, 0.2) is 71.9 Å². The highest BCUT2D eigenvalue weighted by atomic mass is 32.2. The number of carbonyl (C=O) groups is 1. The van der Waals surface area contributed by atoms with Crippen LogP contribution < -0.4 is 5.32 Å². The number of rotatable bonds is 5. The fourth-order valence-electron chi connectivity index (χ4n) is 3.08. The summed E-state index contributed by atoms with van der Waals surface area (Å²) in [6.07, 6.45) is 0. The molecule has 0 saturated carbocycles. The zero-order chi connectivity index (χ0) is 20.4. The van der Waals surface area contributed by atoms with Gasteiger partial charge in [-0.2, -0.15) is 0 Å². The summed E-state index contributed by atoms with van der Waals surface area (Å²) in [6.45, 7) is 1.81. The summed E-state index contributed by atoms with van der Waals surface area (Å²) in [6, 6.07) is 20.1. The fourth-order valence-corrected chi connectivity index (χ4v) is 3.89. The molecule has 0 aliphatic heterocycles. The van der Waals surface area contributed by atoms with Crippen molar-refractivity contribution in [2.45, 2.75) is 17.3 Å². The summed E-state index contributed by atoms with van der Waals surface area (Å²) in [5.41, 5.74) is 1.15. The first kappa shape index (κ1) is 19.1. The number of amides is 1. The Kier molecular flexibility index (Phi) is 5.31. The molecule has 0 aliphatic rings. The Bertz CT molecular complexity index is 1190. The lowest BCUT2D eigenvalue weighted by Crippen LogP contribution is -2.23. The third-order valence-corrected chi connectivity index (χ3v) is 5.78. The molecule has 29 heavy (non-hydrogen) atoms. The molecular weight excluding hydrogens is 387 g/mol. The van der Waals surface area contributed by atoms with Crippen molar-refractivity contribution in [3.63, 3.8) is 0 Å². The molecule has 1 heterocycles. The predicted octanol–water partition coefficient (Wildman–Crippen LogP) is 4.89. The second-order valence-electron chi connectivity index (χ2n) is 6.62. The third-order valence-electron chi connectivity index (χ3n) is 4.65. The molecule has 1 aromatic heterocycles. The van der Waals surface area contributed by atoms with Crippen LogP contribution in [0.1, 0.15) is 6.92 Å². The van der Waals surface area contributed by atoms with E-state index in [1.165, 1.54) is 17.8 Å². The minimum Gasteiger partial charge on any atom is -0.325 e. The molecule has 0 saturated heterocycles. The first-order valence-corrected chi connectivity index (χ1v) is 10.0. The second-order valence-corrected chi connectivity index (χ2v) is 7.93. The lowest BCUT2D eigenvalue weighted by atomic mass is 10.1. The Labute approximate surface area is 172 Å². The molecule has 0 fully saturated rings. The van der Waals surface area contributed by atoms with Gasteiger partial charge in [0, 0.05) is 18.1 Å². The molecule has 0 aliphatic carbocycles. The molecular formula is C22H19FN4OS. The van der Waals surface area contributed by atoms with Crippen LogP contribution in [0.25, 0.3) is 22.2 Å². The van der Waals surface area contributed by atoms with Gasteiger partial charge in [0.15, 0.2) is 11.0 Å². The highest BCUT2D eigenvalue weighted by Crippen LogP contribution is 2.28. The Morgan fingerprint density at radius 2 is 1.76 bits per heavy atom. The van der Waals surface area contributed by atoms with E-state index in [0.717, 1.165) is 16.5 Å². The van der Waals surface area contributed by atoms with Crippen molar-refractivity contribution in [2.75, 3.05) is 5.32 Å². The molecule has 1 atom stereocenters. The molecule has 7 heteroatoms. The Hall–Kier alpha value is -3.19. The molecule has 4 aromatic rings. The van der Waals surface area contributed by atoms with Crippen LogP contribution in [0.5, 0.6) is 0 Å². The van der Waals surface area contributed by atoms with Crippen LogP contribution >= 0.6 is 11.8 Å². The number of thioether (sulfide) groups is 1. The van der Waals surface area contributed by atoms with Gasteiger partial charge in [0.25, 0.3) is 0 Å². The summed E-state index contributed by atoms with van der Waals surface area (Å²) in [4.78, 5) is 12.8. The van der Waals surface area contributed by atoms with Gasteiger partial charge in [-0.25, -0.2) is 4.39 Å². The van der Waals surface area contributed by atoms with Gasteiger partial charge in [-0.1, -0.05) is 60.3 Å². The summed E-state index contributed by atoms with van der Waals surface area (Å²) in [5.74, 6) is -0.0737. The molecule has 1 unspecified atom stereocenters.